The predicted octanol–water partition coefficient (Wildman–Crippen LogP) is 0.735. The molecule has 3 heteroatoms. The maximum atomic E-state index is 12.0. The predicted molar refractivity (Wildman–Crippen MR) is 66.6 cm³/mol. The van der Waals surface area contributed by atoms with E-state index in [1.807, 2.05) is 40.0 Å². The van der Waals surface area contributed by atoms with Crippen molar-refractivity contribution in [2.45, 2.75) is 20.3 Å². The minimum Gasteiger partial charge on any atom is -0.342 e. The summed E-state index contributed by atoms with van der Waals surface area (Å²) >= 11 is 0. The van der Waals surface area contributed by atoms with E-state index in [1.54, 1.807) is 4.90 Å². The van der Waals surface area contributed by atoms with Gasteiger partial charge < -0.3 is 4.90 Å². The van der Waals surface area contributed by atoms with Crippen LogP contribution in [0, 0.1) is 6.92 Å². The molecule has 0 atom stereocenters. The lowest BCUT2D eigenvalue weighted by atomic mass is 9.92. The highest BCUT2D eigenvalue weighted by atomic mass is 16.2. The van der Waals surface area contributed by atoms with Crippen LogP contribution in [-0.4, -0.2) is 32.2 Å². The van der Waals surface area contributed by atoms with E-state index in [-0.39, 0.29) is 5.91 Å². The van der Waals surface area contributed by atoms with Crippen LogP contribution in [0.3, 0.4) is 0 Å². The van der Waals surface area contributed by atoms with Gasteiger partial charge >= 0.3 is 0 Å². The van der Waals surface area contributed by atoms with Crippen LogP contribution in [0.4, 0.5) is 0 Å². The van der Waals surface area contributed by atoms with Gasteiger partial charge in [0, 0.05) is 19.2 Å². The van der Waals surface area contributed by atoms with E-state index in [1.165, 1.54) is 5.46 Å². The molecule has 1 aromatic carbocycles. The zero-order valence-electron chi connectivity index (χ0n) is 10.0. The SMILES string of the molecule is Bc1ccc(C(=O)N(C)CCC)c(C)c1. The molecule has 0 aliphatic rings. The monoisotopic (exact) mass is 203 g/mol. The first-order valence-corrected chi connectivity index (χ1v) is 5.39. The number of benzene rings is 1. The van der Waals surface area contributed by atoms with Gasteiger partial charge in [-0.15, -0.1) is 0 Å². The number of hydrogen-bond donors (Lipinski definition) is 0. The number of aryl methyl sites for hydroxylation is 1. The van der Waals surface area contributed by atoms with Crippen LogP contribution >= 0.6 is 0 Å². The first kappa shape index (κ1) is 11.8. The Kier molecular flexibility index (Phi) is 3.95. The van der Waals surface area contributed by atoms with Crippen molar-refractivity contribution in [1.82, 2.24) is 4.90 Å². The first-order chi connectivity index (χ1) is 7.06. The minimum absolute atomic E-state index is 0.120. The van der Waals surface area contributed by atoms with E-state index >= 15 is 0 Å². The Hall–Kier alpha value is -1.25. The van der Waals surface area contributed by atoms with E-state index in [0.29, 0.717) is 0 Å². The van der Waals surface area contributed by atoms with Crippen LogP contribution in [0.1, 0.15) is 29.3 Å². The maximum Gasteiger partial charge on any atom is 0.253 e. The van der Waals surface area contributed by atoms with Crippen molar-refractivity contribution in [1.29, 1.82) is 0 Å². The molecule has 0 bridgehead atoms. The summed E-state index contributed by atoms with van der Waals surface area (Å²) in [4.78, 5) is 13.8. The molecule has 15 heavy (non-hydrogen) atoms. The fraction of sp³-hybridized carbons (Fsp3) is 0.417. The highest BCUT2D eigenvalue weighted by Crippen LogP contribution is 2.08. The molecular formula is C12H18BNO. The highest BCUT2D eigenvalue weighted by Gasteiger charge is 2.12. The van der Waals surface area contributed by atoms with Gasteiger partial charge in [-0.3, -0.25) is 4.79 Å². The number of amides is 1. The average Bonchev–Trinajstić information content (AvgIpc) is 2.17. The summed E-state index contributed by atoms with van der Waals surface area (Å²) in [5.41, 5.74) is 3.07. The van der Waals surface area contributed by atoms with Gasteiger partial charge in [-0.05, 0) is 25.0 Å². The van der Waals surface area contributed by atoms with Gasteiger partial charge in [0.1, 0.15) is 7.85 Å². The van der Waals surface area contributed by atoms with E-state index in [2.05, 4.69) is 6.92 Å². The first-order valence-electron chi connectivity index (χ1n) is 5.39. The quantitative estimate of drug-likeness (QED) is 0.663. The second-order valence-corrected chi connectivity index (χ2v) is 4.05. The van der Waals surface area contributed by atoms with Gasteiger partial charge in [-0.1, -0.05) is 24.5 Å². The van der Waals surface area contributed by atoms with Gasteiger partial charge in [-0.25, -0.2) is 0 Å². The van der Waals surface area contributed by atoms with Gasteiger partial charge in [-0.2, -0.15) is 0 Å². The fourth-order valence-electron chi connectivity index (χ4n) is 1.70. The van der Waals surface area contributed by atoms with Gasteiger partial charge in [0.2, 0.25) is 0 Å². The average molecular weight is 203 g/mol. The molecule has 0 heterocycles. The highest BCUT2D eigenvalue weighted by molar-refractivity contribution is 6.32. The molecule has 0 fully saturated rings. The molecule has 80 valence electrons. The van der Waals surface area contributed by atoms with E-state index in [4.69, 9.17) is 0 Å². The zero-order valence-corrected chi connectivity index (χ0v) is 10.0. The Balaban J connectivity index is 2.91. The van der Waals surface area contributed by atoms with Crippen LogP contribution in [0.25, 0.3) is 0 Å². The molecule has 1 aromatic rings. The standard InChI is InChI=1S/C12H18BNO/c1-4-7-14(3)12(15)11-6-5-10(13)8-9(11)2/h5-6,8H,4,7,13H2,1-3H3. The lowest BCUT2D eigenvalue weighted by Crippen LogP contribution is -2.28. The topological polar surface area (TPSA) is 20.3 Å². The molecular weight excluding hydrogens is 185 g/mol. The number of rotatable bonds is 3. The fourth-order valence-corrected chi connectivity index (χ4v) is 1.70. The Morgan fingerprint density at radius 1 is 1.47 bits per heavy atom. The number of carbonyl (C=O) groups excluding carboxylic acids is 1. The molecule has 0 spiro atoms. The normalized spacial score (nSPS) is 10.1. The van der Waals surface area contributed by atoms with E-state index in [0.717, 1.165) is 24.1 Å². The van der Waals surface area contributed by atoms with Crippen LogP contribution in [0.2, 0.25) is 0 Å². The third kappa shape index (κ3) is 2.85. The summed E-state index contributed by atoms with van der Waals surface area (Å²) in [6.07, 6.45) is 0.993. The summed E-state index contributed by atoms with van der Waals surface area (Å²) < 4.78 is 0. The summed E-state index contributed by atoms with van der Waals surface area (Å²) in [7, 11) is 3.89. The van der Waals surface area contributed by atoms with Crippen molar-refractivity contribution in [3.63, 3.8) is 0 Å². The summed E-state index contributed by atoms with van der Waals surface area (Å²) in [6.45, 7) is 4.87. The van der Waals surface area contributed by atoms with Crippen molar-refractivity contribution >= 4 is 19.2 Å². The second kappa shape index (κ2) is 5.01. The smallest absolute Gasteiger partial charge is 0.253 e. The molecule has 0 aliphatic heterocycles. The number of carbonyl (C=O) groups is 1. The third-order valence-electron chi connectivity index (χ3n) is 2.52. The zero-order chi connectivity index (χ0) is 11.4. The Labute approximate surface area is 92.7 Å². The lowest BCUT2D eigenvalue weighted by molar-refractivity contribution is 0.0794. The molecule has 2 nitrogen and oxygen atoms in total. The second-order valence-electron chi connectivity index (χ2n) is 4.05. The van der Waals surface area contributed by atoms with Crippen molar-refractivity contribution in [3.05, 3.63) is 29.3 Å². The van der Waals surface area contributed by atoms with Gasteiger partial charge in [0.25, 0.3) is 5.91 Å². The van der Waals surface area contributed by atoms with Crippen LogP contribution in [0.5, 0.6) is 0 Å². The summed E-state index contributed by atoms with van der Waals surface area (Å²) in [6, 6.07) is 5.95. The van der Waals surface area contributed by atoms with Crippen molar-refractivity contribution in [3.8, 4) is 0 Å². The van der Waals surface area contributed by atoms with Gasteiger partial charge in [0.15, 0.2) is 0 Å². The molecule has 0 aromatic heterocycles. The van der Waals surface area contributed by atoms with Crippen LogP contribution < -0.4 is 5.46 Å². The number of hydrogen-bond acceptors (Lipinski definition) is 1. The molecule has 0 aliphatic carbocycles. The Morgan fingerprint density at radius 2 is 2.13 bits per heavy atom. The van der Waals surface area contributed by atoms with Gasteiger partial charge in [0.05, 0.1) is 0 Å². The summed E-state index contributed by atoms with van der Waals surface area (Å²) in [5, 5.41) is 0. The molecule has 0 N–H and O–H groups in total. The van der Waals surface area contributed by atoms with Crippen molar-refractivity contribution < 1.29 is 4.79 Å². The van der Waals surface area contributed by atoms with Crippen LogP contribution in [0.15, 0.2) is 18.2 Å². The molecule has 0 unspecified atom stereocenters. The van der Waals surface area contributed by atoms with E-state index < -0.39 is 0 Å². The van der Waals surface area contributed by atoms with Crippen molar-refractivity contribution in [2.24, 2.45) is 0 Å². The minimum atomic E-state index is 0.120. The maximum absolute atomic E-state index is 12.0. The summed E-state index contributed by atoms with van der Waals surface area (Å²) in [5.74, 6) is 0.120. The molecule has 1 rings (SSSR count). The number of nitrogens with zero attached hydrogens (tertiary/aromatic N) is 1. The third-order valence-corrected chi connectivity index (χ3v) is 2.52. The molecule has 0 radical (unpaired) electrons. The van der Waals surface area contributed by atoms with Crippen molar-refractivity contribution in [2.75, 3.05) is 13.6 Å². The Bertz CT molecular complexity index is 363. The van der Waals surface area contributed by atoms with E-state index in [9.17, 15) is 4.79 Å². The molecule has 0 saturated heterocycles. The Morgan fingerprint density at radius 3 is 2.67 bits per heavy atom. The molecule has 0 saturated carbocycles. The molecule has 1 amide bonds. The lowest BCUT2D eigenvalue weighted by Gasteiger charge is -2.17. The largest absolute Gasteiger partial charge is 0.342 e. The van der Waals surface area contributed by atoms with Crippen LogP contribution in [-0.2, 0) is 0 Å².